The van der Waals surface area contributed by atoms with Crippen LogP contribution in [-0.4, -0.2) is 16.8 Å². The van der Waals surface area contributed by atoms with E-state index in [2.05, 4.69) is 31.5 Å². The molecule has 0 bridgehead atoms. The van der Waals surface area contributed by atoms with Gasteiger partial charge in [-0.3, -0.25) is 9.59 Å². The summed E-state index contributed by atoms with van der Waals surface area (Å²) in [5.74, 6) is -0.764. The molecule has 0 aliphatic carbocycles. The van der Waals surface area contributed by atoms with Gasteiger partial charge in [0.1, 0.15) is 5.70 Å². The van der Waals surface area contributed by atoms with E-state index in [4.69, 9.17) is 0 Å². The quantitative estimate of drug-likeness (QED) is 0.352. The Morgan fingerprint density at radius 3 is 2.33 bits per heavy atom. The van der Waals surface area contributed by atoms with Crippen LogP contribution in [0.25, 0.3) is 17.0 Å². The number of amides is 2. The lowest BCUT2D eigenvalue weighted by molar-refractivity contribution is -0.113. The first-order valence-corrected chi connectivity index (χ1v) is 10.1. The van der Waals surface area contributed by atoms with Crippen LogP contribution < -0.4 is 10.6 Å². The molecule has 3 aromatic carbocycles. The number of nitrogens with one attached hydrogen (secondary N) is 3. The zero-order valence-corrected chi connectivity index (χ0v) is 17.4. The van der Waals surface area contributed by atoms with Crippen molar-refractivity contribution in [3.63, 3.8) is 0 Å². The maximum Gasteiger partial charge on any atom is 0.272 e. The zero-order valence-electron chi connectivity index (χ0n) is 15.9. The molecule has 30 heavy (non-hydrogen) atoms. The Bertz CT molecular complexity index is 1230. The van der Waals surface area contributed by atoms with Crippen molar-refractivity contribution in [2.24, 2.45) is 0 Å². The number of rotatable bonds is 5. The average molecular weight is 460 g/mol. The molecule has 4 aromatic rings. The predicted octanol–water partition coefficient (Wildman–Crippen LogP) is 5.34. The minimum Gasteiger partial charge on any atom is -0.361 e. The highest BCUT2D eigenvalue weighted by Crippen LogP contribution is 2.21. The minimum absolute atomic E-state index is 0.150. The molecule has 0 atom stereocenters. The number of hydrogen-bond donors (Lipinski definition) is 3. The van der Waals surface area contributed by atoms with E-state index in [0.29, 0.717) is 11.3 Å². The van der Waals surface area contributed by atoms with Crippen molar-refractivity contribution in [2.75, 3.05) is 5.32 Å². The van der Waals surface area contributed by atoms with Gasteiger partial charge in [-0.2, -0.15) is 0 Å². The molecule has 0 spiro atoms. The molecule has 1 aromatic heterocycles. The third-order valence-electron chi connectivity index (χ3n) is 4.55. The maximum atomic E-state index is 13.0. The number of benzene rings is 3. The first-order chi connectivity index (χ1) is 14.6. The van der Waals surface area contributed by atoms with Crippen LogP contribution in [0.4, 0.5) is 5.69 Å². The van der Waals surface area contributed by atoms with E-state index in [9.17, 15) is 9.59 Å². The van der Waals surface area contributed by atoms with E-state index in [1.54, 1.807) is 42.5 Å². The number of para-hydroxylation sites is 1. The Morgan fingerprint density at radius 1 is 0.867 bits per heavy atom. The molecule has 2 amide bonds. The Labute approximate surface area is 181 Å². The summed E-state index contributed by atoms with van der Waals surface area (Å²) in [7, 11) is 0. The largest absolute Gasteiger partial charge is 0.361 e. The third-order valence-corrected chi connectivity index (χ3v) is 5.08. The lowest BCUT2D eigenvalue weighted by Gasteiger charge is -2.11. The van der Waals surface area contributed by atoms with Gasteiger partial charge in [0.15, 0.2) is 0 Å². The molecule has 0 saturated carbocycles. The van der Waals surface area contributed by atoms with Crippen LogP contribution in [0, 0.1) is 0 Å². The van der Waals surface area contributed by atoms with Crippen LogP contribution in [-0.2, 0) is 4.79 Å². The van der Waals surface area contributed by atoms with E-state index >= 15 is 0 Å². The summed E-state index contributed by atoms with van der Waals surface area (Å²) in [6.45, 7) is 0. The van der Waals surface area contributed by atoms with Crippen molar-refractivity contribution in [3.05, 3.63) is 106 Å². The molecule has 4 rings (SSSR count). The maximum absolute atomic E-state index is 13.0. The lowest BCUT2D eigenvalue weighted by Crippen LogP contribution is -2.30. The summed E-state index contributed by atoms with van der Waals surface area (Å²) in [4.78, 5) is 28.9. The average Bonchev–Trinajstić information content (AvgIpc) is 3.18. The topological polar surface area (TPSA) is 74.0 Å². The second kappa shape index (κ2) is 8.80. The molecule has 0 saturated heterocycles. The van der Waals surface area contributed by atoms with Gasteiger partial charge in [0, 0.05) is 38.4 Å². The number of halogens is 1. The number of H-pyrrole nitrogens is 1. The summed E-state index contributed by atoms with van der Waals surface area (Å²) in [5, 5.41) is 6.55. The van der Waals surface area contributed by atoms with E-state index in [0.717, 1.165) is 20.9 Å². The van der Waals surface area contributed by atoms with Gasteiger partial charge in [0.25, 0.3) is 11.8 Å². The van der Waals surface area contributed by atoms with Crippen LogP contribution in [0.2, 0.25) is 0 Å². The Hall–Kier alpha value is -3.64. The smallest absolute Gasteiger partial charge is 0.272 e. The van der Waals surface area contributed by atoms with Gasteiger partial charge in [-0.25, -0.2) is 0 Å². The fraction of sp³-hybridized carbons (Fsp3) is 0. The van der Waals surface area contributed by atoms with Gasteiger partial charge in [-0.05, 0) is 48.5 Å². The molecule has 0 unspecified atom stereocenters. The van der Waals surface area contributed by atoms with Crippen LogP contribution in [0.15, 0.2) is 95.2 Å². The van der Waals surface area contributed by atoms with E-state index in [1.165, 1.54) is 0 Å². The second-order valence-electron chi connectivity index (χ2n) is 6.63. The van der Waals surface area contributed by atoms with Crippen molar-refractivity contribution in [2.45, 2.75) is 0 Å². The molecular weight excluding hydrogens is 442 g/mol. The monoisotopic (exact) mass is 459 g/mol. The van der Waals surface area contributed by atoms with E-state index < -0.39 is 5.91 Å². The van der Waals surface area contributed by atoms with Crippen LogP contribution in [0.1, 0.15) is 15.9 Å². The standard InChI is InChI=1S/C24H18BrN3O2/c25-18-10-12-19(13-11-18)27-24(30)22(28-23(29)16-6-2-1-3-7-16)14-17-15-26-21-9-5-4-8-20(17)21/h1-15,26H,(H,27,30)(H,28,29)/b22-14-. The molecule has 6 heteroatoms. The van der Waals surface area contributed by atoms with Gasteiger partial charge in [-0.15, -0.1) is 0 Å². The molecule has 0 radical (unpaired) electrons. The number of fused-ring (bicyclic) bond motifs is 1. The highest BCUT2D eigenvalue weighted by atomic mass is 79.9. The molecule has 0 fully saturated rings. The number of carbonyl (C=O) groups is 2. The minimum atomic E-state index is -0.410. The molecule has 1 heterocycles. The first kappa shape index (κ1) is 19.7. The first-order valence-electron chi connectivity index (χ1n) is 9.31. The number of aromatic nitrogens is 1. The van der Waals surface area contributed by atoms with E-state index in [-0.39, 0.29) is 11.6 Å². The summed E-state index contributed by atoms with van der Waals surface area (Å²) < 4.78 is 0.910. The van der Waals surface area contributed by atoms with Crippen molar-refractivity contribution < 1.29 is 9.59 Å². The number of carbonyl (C=O) groups excluding carboxylic acids is 2. The van der Waals surface area contributed by atoms with Gasteiger partial charge >= 0.3 is 0 Å². The summed E-state index contributed by atoms with van der Waals surface area (Å²) in [6, 6.07) is 23.8. The van der Waals surface area contributed by atoms with Crippen molar-refractivity contribution in [1.29, 1.82) is 0 Å². The highest BCUT2D eigenvalue weighted by molar-refractivity contribution is 9.10. The van der Waals surface area contributed by atoms with Crippen LogP contribution in [0.5, 0.6) is 0 Å². The SMILES string of the molecule is O=C(Nc1ccc(Br)cc1)/C(=C/c1c[nH]c2ccccc12)NC(=O)c1ccccc1. The molecule has 148 valence electrons. The normalized spacial score (nSPS) is 11.3. The lowest BCUT2D eigenvalue weighted by atomic mass is 10.1. The van der Waals surface area contributed by atoms with Crippen LogP contribution in [0.3, 0.4) is 0 Å². The molecule has 5 nitrogen and oxygen atoms in total. The summed E-state index contributed by atoms with van der Waals surface area (Å²) >= 11 is 3.38. The zero-order chi connectivity index (χ0) is 20.9. The molecule has 0 aliphatic heterocycles. The number of aromatic amines is 1. The molecule has 0 aliphatic rings. The Balaban J connectivity index is 1.67. The van der Waals surface area contributed by atoms with E-state index in [1.807, 2.05) is 48.7 Å². The van der Waals surface area contributed by atoms with Crippen molar-refractivity contribution in [3.8, 4) is 0 Å². The second-order valence-corrected chi connectivity index (χ2v) is 7.54. The van der Waals surface area contributed by atoms with Gasteiger partial charge in [0.2, 0.25) is 0 Å². The molecule has 3 N–H and O–H groups in total. The fourth-order valence-electron chi connectivity index (χ4n) is 3.04. The van der Waals surface area contributed by atoms with Crippen molar-refractivity contribution >= 4 is 50.4 Å². The van der Waals surface area contributed by atoms with Gasteiger partial charge < -0.3 is 15.6 Å². The van der Waals surface area contributed by atoms with Crippen LogP contribution >= 0.6 is 15.9 Å². The predicted molar refractivity (Wildman–Crippen MR) is 123 cm³/mol. The van der Waals surface area contributed by atoms with Crippen molar-refractivity contribution in [1.82, 2.24) is 10.3 Å². The Kier molecular flexibility index (Phi) is 5.77. The summed E-state index contributed by atoms with van der Waals surface area (Å²) in [6.07, 6.45) is 3.49. The number of hydrogen-bond acceptors (Lipinski definition) is 2. The fourth-order valence-corrected chi connectivity index (χ4v) is 3.31. The molecular formula is C24H18BrN3O2. The third kappa shape index (κ3) is 4.50. The van der Waals surface area contributed by atoms with Gasteiger partial charge in [0.05, 0.1) is 0 Å². The Morgan fingerprint density at radius 2 is 1.57 bits per heavy atom. The summed E-state index contributed by atoms with van der Waals surface area (Å²) in [5.41, 5.74) is 3.00. The van der Waals surface area contributed by atoms with Gasteiger partial charge in [-0.1, -0.05) is 52.3 Å². The number of anilines is 1. The highest BCUT2D eigenvalue weighted by Gasteiger charge is 2.16.